The minimum absolute atomic E-state index is 0.0346. The van der Waals surface area contributed by atoms with Crippen LogP contribution < -0.4 is 5.32 Å². The van der Waals surface area contributed by atoms with Crippen molar-refractivity contribution in [2.45, 2.75) is 19.3 Å². The number of amides is 1. The van der Waals surface area contributed by atoms with Gasteiger partial charge in [-0.05, 0) is 69.6 Å². The molecular formula is C22H24Cl2N4O. The van der Waals surface area contributed by atoms with Crippen LogP contribution in [-0.4, -0.2) is 47.5 Å². The first-order valence-electron chi connectivity index (χ1n) is 9.91. The van der Waals surface area contributed by atoms with Crippen LogP contribution in [0.25, 0.3) is 22.4 Å². The molecule has 5 nitrogen and oxygen atoms in total. The highest BCUT2D eigenvalue weighted by atomic mass is 35.5. The number of hydrogen-bond acceptors (Lipinski definition) is 3. The van der Waals surface area contributed by atoms with Crippen LogP contribution in [0.4, 0.5) is 0 Å². The molecule has 0 saturated carbocycles. The second-order valence-electron chi connectivity index (χ2n) is 7.74. The number of nitrogens with zero attached hydrogens (tertiary/aromatic N) is 2. The fourth-order valence-corrected chi connectivity index (χ4v) is 4.09. The number of nitrogens with one attached hydrogen (secondary N) is 2. The van der Waals surface area contributed by atoms with Gasteiger partial charge in [-0.1, -0.05) is 35.3 Å². The fourth-order valence-electron chi connectivity index (χ4n) is 3.76. The Balaban J connectivity index is 1.36. The monoisotopic (exact) mass is 430 g/mol. The van der Waals surface area contributed by atoms with Crippen LogP contribution in [-0.2, 0) is 0 Å². The van der Waals surface area contributed by atoms with Gasteiger partial charge in [0.15, 0.2) is 0 Å². The number of imidazole rings is 1. The smallest absolute Gasteiger partial charge is 0.251 e. The summed E-state index contributed by atoms with van der Waals surface area (Å²) < 4.78 is 0. The number of likely N-dealkylation sites (tertiary alicyclic amines) is 1. The maximum atomic E-state index is 12.4. The molecule has 7 heteroatoms. The number of aromatic nitrogens is 2. The third kappa shape index (κ3) is 4.74. The highest BCUT2D eigenvalue weighted by molar-refractivity contribution is 6.42. The van der Waals surface area contributed by atoms with Gasteiger partial charge in [0.05, 0.1) is 21.1 Å². The van der Waals surface area contributed by atoms with E-state index in [0.717, 1.165) is 42.7 Å². The summed E-state index contributed by atoms with van der Waals surface area (Å²) >= 11 is 12.1. The molecule has 1 saturated heterocycles. The molecule has 1 fully saturated rings. The van der Waals surface area contributed by atoms with E-state index >= 15 is 0 Å². The van der Waals surface area contributed by atoms with Crippen molar-refractivity contribution in [1.29, 1.82) is 0 Å². The second-order valence-corrected chi connectivity index (χ2v) is 8.55. The molecule has 0 atom stereocenters. The van der Waals surface area contributed by atoms with Crippen molar-refractivity contribution in [3.05, 3.63) is 52.0 Å². The van der Waals surface area contributed by atoms with Crippen molar-refractivity contribution in [2.24, 2.45) is 5.92 Å². The summed E-state index contributed by atoms with van der Waals surface area (Å²) in [7, 11) is 2.16. The van der Waals surface area contributed by atoms with Gasteiger partial charge in [0.2, 0.25) is 0 Å². The zero-order chi connectivity index (χ0) is 20.4. The minimum atomic E-state index is -0.0346. The molecule has 1 aromatic heterocycles. The Morgan fingerprint density at radius 3 is 2.59 bits per heavy atom. The molecule has 2 heterocycles. The highest BCUT2D eigenvalue weighted by Gasteiger charge is 2.16. The Morgan fingerprint density at radius 1 is 1.17 bits per heavy atom. The molecule has 0 aliphatic carbocycles. The number of rotatable bonds is 5. The zero-order valence-electron chi connectivity index (χ0n) is 16.3. The molecule has 0 bridgehead atoms. The molecule has 152 valence electrons. The lowest BCUT2D eigenvalue weighted by atomic mass is 9.94. The predicted molar refractivity (Wildman–Crippen MR) is 119 cm³/mol. The first-order valence-corrected chi connectivity index (χ1v) is 10.7. The van der Waals surface area contributed by atoms with Crippen LogP contribution in [0.5, 0.6) is 0 Å². The molecule has 1 aliphatic heterocycles. The third-order valence-corrected chi connectivity index (χ3v) is 6.34. The maximum Gasteiger partial charge on any atom is 0.251 e. The predicted octanol–water partition coefficient (Wildman–Crippen LogP) is 5.00. The van der Waals surface area contributed by atoms with Gasteiger partial charge in [-0.25, -0.2) is 4.98 Å². The Labute approximate surface area is 180 Å². The Morgan fingerprint density at radius 2 is 1.86 bits per heavy atom. The zero-order valence-corrected chi connectivity index (χ0v) is 17.9. The normalized spacial score (nSPS) is 15.7. The molecule has 29 heavy (non-hydrogen) atoms. The number of piperidine rings is 1. The lowest BCUT2D eigenvalue weighted by Crippen LogP contribution is -2.32. The van der Waals surface area contributed by atoms with Gasteiger partial charge in [-0.2, -0.15) is 0 Å². The lowest BCUT2D eigenvalue weighted by molar-refractivity contribution is 0.0949. The molecule has 4 rings (SSSR count). The molecule has 3 aromatic rings. The van der Waals surface area contributed by atoms with E-state index in [1.165, 1.54) is 12.8 Å². The van der Waals surface area contributed by atoms with Gasteiger partial charge in [0.1, 0.15) is 5.82 Å². The summed E-state index contributed by atoms with van der Waals surface area (Å²) in [5, 5.41) is 4.01. The fraction of sp³-hybridized carbons (Fsp3) is 0.364. The average molecular weight is 431 g/mol. The lowest BCUT2D eigenvalue weighted by Gasteiger charge is -2.28. The van der Waals surface area contributed by atoms with Crippen LogP contribution >= 0.6 is 23.2 Å². The van der Waals surface area contributed by atoms with E-state index in [4.69, 9.17) is 23.2 Å². The number of halogens is 2. The summed E-state index contributed by atoms with van der Waals surface area (Å²) in [6, 6.07) is 11.0. The molecule has 0 radical (unpaired) electrons. The number of carbonyl (C=O) groups is 1. The Hall–Kier alpha value is -2.08. The van der Waals surface area contributed by atoms with Crippen molar-refractivity contribution >= 4 is 40.1 Å². The Kier molecular flexibility index (Phi) is 6.09. The SMILES string of the molecule is CN1CCC(CCNC(=O)c2ccc(-c3nc4cc(Cl)c(Cl)cc4[nH]3)cc2)CC1. The first kappa shape index (κ1) is 20.2. The minimum Gasteiger partial charge on any atom is -0.352 e. The van der Waals surface area contributed by atoms with Crippen molar-refractivity contribution in [2.75, 3.05) is 26.7 Å². The van der Waals surface area contributed by atoms with Gasteiger partial charge in [-0.15, -0.1) is 0 Å². The molecule has 1 amide bonds. The van der Waals surface area contributed by atoms with Crippen molar-refractivity contribution < 1.29 is 4.79 Å². The number of hydrogen-bond donors (Lipinski definition) is 2. The summed E-state index contributed by atoms with van der Waals surface area (Å²) in [6.07, 6.45) is 3.48. The van der Waals surface area contributed by atoms with E-state index in [0.29, 0.717) is 27.4 Å². The molecule has 2 N–H and O–H groups in total. The third-order valence-electron chi connectivity index (χ3n) is 5.62. The van der Waals surface area contributed by atoms with Crippen LogP contribution in [0.2, 0.25) is 10.0 Å². The molecule has 2 aromatic carbocycles. The number of carbonyl (C=O) groups excluding carboxylic acids is 1. The van der Waals surface area contributed by atoms with E-state index < -0.39 is 0 Å². The van der Waals surface area contributed by atoms with Crippen LogP contribution in [0.15, 0.2) is 36.4 Å². The topological polar surface area (TPSA) is 61.0 Å². The van der Waals surface area contributed by atoms with Crippen molar-refractivity contribution in [1.82, 2.24) is 20.2 Å². The van der Waals surface area contributed by atoms with Gasteiger partial charge >= 0.3 is 0 Å². The van der Waals surface area contributed by atoms with E-state index in [2.05, 4.69) is 27.2 Å². The second kappa shape index (κ2) is 8.74. The van der Waals surface area contributed by atoms with Crippen molar-refractivity contribution in [3.63, 3.8) is 0 Å². The number of H-pyrrole nitrogens is 1. The number of aromatic amines is 1. The van der Waals surface area contributed by atoms with E-state index in [9.17, 15) is 4.79 Å². The summed E-state index contributed by atoms with van der Waals surface area (Å²) in [5.74, 6) is 1.39. The number of fused-ring (bicyclic) bond motifs is 1. The Bertz CT molecular complexity index is 969. The summed E-state index contributed by atoms with van der Waals surface area (Å²) in [5.41, 5.74) is 3.13. The quantitative estimate of drug-likeness (QED) is 0.598. The molecule has 0 unspecified atom stereocenters. The molecule has 1 aliphatic rings. The average Bonchev–Trinajstić information content (AvgIpc) is 3.12. The largest absolute Gasteiger partial charge is 0.352 e. The van der Waals surface area contributed by atoms with Crippen LogP contribution in [0.3, 0.4) is 0 Å². The standard InChI is InChI=1S/C22H24Cl2N4O/c1-28-10-7-14(8-11-28)6-9-25-22(29)16-4-2-15(3-5-16)21-26-19-12-17(23)18(24)13-20(19)27-21/h2-5,12-14H,6-11H2,1H3,(H,25,29)(H,26,27). The molecular weight excluding hydrogens is 407 g/mol. The first-order chi connectivity index (χ1) is 14.0. The van der Waals surface area contributed by atoms with Crippen LogP contribution in [0, 0.1) is 5.92 Å². The maximum absolute atomic E-state index is 12.4. The summed E-state index contributed by atoms with van der Waals surface area (Å²) in [6.45, 7) is 3.03. The van der Waals surface area contributed by atoms with Gasteiger partial charge < -0.3 is 15.2 Å². The number of benzene rings is 2. The van der Waals surface area contributed by atoms with E-state index in [1.54, 1.807) is 12.1 Å². The van der Waals surface area contributed by atoms with E-state index in [1.807, 2.05) is 24.3 Å². The van der Waals surface area contributed by atoms with Gasteiger partial charge in [0, 0.05) is 17.7 Å². The van der Waals surface area contributed by atoms with E-state index in [-0.39, 0.29) is 5.91 Å². The van der Waals surface area contributed by atoms with Gasteiger partial charge in [-0.3, -0.25) is 4.79 Å². The van der Waals surface area contributed by atoms with Crippen molar-refractivity contribution in [3.8, 4) is 11.4 Å². The summed E-state index contributed by atoms with van der Waals surface area (Å²) in [4.78, 5) is 22.6. The highest BCUT2D eigenvalue weighted by Crippen LogP contribution is 2.29. The van der Waals surface area contributed by atoms with Gasteiger partial charge in [0.25, 0.3) is 5.91 Å². The molecule has 0 spiro atoms. The van der Waals surface area contributed by atoms with Crippen LogP contribution in [0.1, 0.15) is 29.6 Å².